The number of amides is 1. The van der Waals surface area contributed by atoms with Gasteiger partial charge in [0.05, 0.1) is 0 Å². The maximum atomic E-state index is 13.1. The molecule has 0 saturated heterocycles. The summed E-state index contributed by atoms with van der Waals surface area (Å²) in [5.41, 5.74) is 10.0. The van der Waals surface area contributed by atoms with Crippen LogP contribution >= 0.6 is 23.4 Å². The number of nitrogens with one attached hydrogen (secondary N) is 1. The largest absolute Gasteiger partial charge is 0.368 e. The number of hydrogen-bond donors (Lipinski definition) is 2. The Morgan fingerprint density at radius 1 is 1.21 bits per heavy atom. The molecule has 0 spiro atoms. The number of benzene rings is 2. The van der Waals surface area contributed by atoms with E-state index < -0.39 is 6.04 Å². The van der Waals surface area contributed by atoms with Gasteiger partial charge in [0.1, 0.15) is 6.04 Å². The molecule has 0 aliphatic heterocycles. The van der Waals surface area contributed by atoms with Gasteiger partial charge in [-0.15, -0.1) is 10.2 Å². The highest BCUT2D eigenvalue weighted by atomic mass is 35.5. The average Bonchev–Trinajstić information content (AvgIpc) is 3.06. The lowest BCUT2D eigenvalue weighted by atomic mass is 10.1. The molecular formula is C21H24ClN5OS. The Labute approximate surface area is 179 Å². The third-order valence-corrected chi connectivity index (χ3v) is 6.23. The maximum Gasteiger partial charge on any atom is 0.247 e. The normalized spacial score (nSPS) is 12.0. The maximum absolute atomic E-state index is 13.1. The Kier molecular flexibility index (Phi) is 6.82. The molecule has 3 aromatic rings. The Balaban J connectivity index is 1.82. The minimum atomic E-state index is -0.515. The molecule has 3 rings (SSSR count). The van der Waals surface area contributed by atoms with Gasteiger partial charge in [-0.05, 0) is 49.1 Å². The van der Waals surface area contributed by atoms with Crippen LogP contribution in [0.2, 0.25) is 5.02 Å². The molecule has 0 fully saturated rings. The summed E-state index contributed by atoms with van der Waals surface area (Å²) < 4.78 is 1.70. The van der Waals surface area contributed by atoms with Gasteiger partial charge in [-0.3, -0.25) is 9.36 Å². The van der Waals surface area contributed by atoms with Crippen LogP contribution in [0.25, 0.3) is 0 Å². The van der Waals surface area contributed by atoms with Gasteiger partial charge in [0.15, 0.2) is 5.16 Å². The van der Waals surface area contributed by atoms with E-state index in [-0.39, 0.29) is 11.9 Å². The predicted octanol–water partition coefficient (Wildman–Crippen LogP) is 5.01. The number of hydrogen-bond acceptors (Lipinski definition) is 5. The summed E-state index contributed by atoms with van der Waals surface area (Å²) in [6, 6.07) is 13.0. The molecule has 0 aliphatic rings. The summed E-state index contributed by atoms with van der Waals surface area (Å²) in [7, 11) is 0. The van der Waals surface area contributed by atoms with Gasteiger partial charge < -0.3 is 11.1 Å². The van der Waals surface area contributed by atoms with Crippen molar-refractivity contribution < 1.29 is 4.79 Å². The highest BCUT2D eigenvalue weighted by Gasteiger charge is 2.25. The monoisotopic (exact) mass is 429 g/mol. The molecule has 6 nitrogen and oxygen atoms in total. The third-order valence-electron chi connectivity index (χ3n) is 4.87. The Morgan fingerprint density at radius 2 is 1.97 bits per heavy atom. The second-order valence-corrected chi connectivity index (χ2v) is 8.10. The van der Waals surface area contributed by atoms with Crippen LogP contribution in [0.5, 0.6) is 0 Å². The van der Waals surface area contributed by atoms with Gasteiger partial charge in [0.2, 0.25) is 11.9 Å². The number of thioether (sulfide) groups is 1. The van der Waals surface area contributed by atoms with E-state index in [9.17, 15) is 4.79 Å². The van der Waals surface area contributed by atoms with Gasteiger partial charge in [0.25, 0.3) is 0 Å². The number of halogens is 1. The number of nitrogens with two attached hydrogens (primary N) is 1. The number of aryl methyl sites for hydroxylation is 1. The standard InChI is InChI=1S/C21H24ClN5OS/c1-4-18(19(28)24-17-11-7-8-13(2)14(17)3)27-20(23)25-26-21(27)29-12-15-9-5-6-10-16(15)22/h5-11,18H,4,12H2,1-3H3,(H2,23,25)(H,24,28). The van der Waals surface area contributed by atoms with Crippen molar-refractivity contribution in [2.24, 2.45) is 0 Å². The van der Waals surface area contributed by atoms with Crippen LogP contribution in [-0.2, 0) is 10.5 Å². The molecule has 0 bridgehead atoms. The van der Waals surface area contributed by atoms with Gasteiger partial charge >= 0.3 is 0 Å². The second-order valence-electron chi connectivity index (χ2n) is 6.75. The van der Waals surface area contributed by atoms with Crippen molar-refractivity contribution >= 4 is 40.9 Å². The van der Waals surface area contributed by atoms with Crippen molar-refractivity contribution in [2.75, 3.05) is 11.1 Å². The number of anilines is 2. The van der Waals surface area contributed by atoms with E-state index in [1.807, 2.05) is 63.2 Å². The van der Waals surface area contributed by atoms with Crippen molar-refractivity contribution in [3.05, 3.63) is 64.2 Å². The van der Waals surface area contributed by atoms with E-state index in [1.165, 1.54) is 11.8 Å². The average molecular weight is 430 g/mol. The van der Waals surface area contributed by atoms with E-state index >= 15 is 0 Å². The van der Waals surface area contributed by atoms with Crippen LogP contribution in [0.15, 0.2) is 47.6 Å². The first-order valence-electron chi connectivity index (χ1n) is 9.36. The number of carbonyl (C=O) groups is 1. The molecule has 1 unspecified atom stereocenters. The quantitative estimate of drug-likeness (QED) is 0.515. The zero-order valence-corrected chi connectivity index (χ0v) is 18.2. The lowest BCUT2D eigenvalue weighted by Crippen LogP contribution is -2.27. The summed E-state index contributed by atoms with van der Waals surface area (Å²) in [6.45, 7) is 5.95. The first-order chi connectivity index (χ1) is 13.9. The Morgan fingerprint density at radius 3 is 2.69 bits per heavy atom. The van der Waals surface area contributed by atoms with Crippen LogP contribution in [0.3, 0.4) is 0 Å². The van der Waals surface area contributed by atoms with E-state index in [4.69, 9.17) is 17.3 Å². The molecule has 1 amide bonds. The van der Waals surface area contributed by atoms with E-state index in [0.717, 1.165) is 22.4 Å². The molecular weight excluding hydrogens is 406 g/mol. The predicted molar refractivity (Wildman–Crippen MR) is 119 cm³/mol. The molecule has 0 saturated carbocycles. The van der Waals surface area contributed by atoms with Crippen LogP contribution < -0.4 is 11.1 Å². The van der Waals surface area contributed by atoms with Gasteiger partial charge in [-0.25, -0.2) is 0 Å². The van der Waals surface area contributed by atoms with Crippen LogP contribution in [-0.4, -0.2) is 20.7 Å². The van der Waals surface area contributed by atoms with Gasteiger partial charge in [-0.1, -0.05) is 60.6 Å². The Bertz CT molecular complexity index is 1020. The minimum Gasteiger partial charge on any atom is -0.368 e. The number of nitrogen functional groups attached to an aromatic ring is 1. The van der Waals surface area contributed by atoms with Crippen molar-refractivity contribution in [2.45, 2.75) is 44.1 Å². The summed E-state index contributed by atoms with van der Waals surface area (Å²) in [5.74, 6) is 0.675. The number of rotatable bonds is 7. The summed E-state index contributed by atoms with van der Waals surface area (Å²) in [4.78, 5) is 13.1. The first kappa shape index (κ1) is 21.2. The molecule has 0 radical (unpaired) electrons. The van der Waals surface area contributed by atoms with Crippen molar-refractivity contribution in [1.82, 2.24) is 14.8 Å². The molecule has 8 heteroatoms. The number of nitrogens with zero attached hydrogens (tertiary/aromatic N) is 3. The zero-order valence-electron chi connectivity index (χ0n) is 16.6. The molecule has 2 aromatic carbocycles. The number of carbonyl (C=O) groups excluding carboxylic acids is 1. The summed E-state index contributed by atoms with van der Waals surface area (Å²) >= 11 is 7.70. The molecule has 29 heavy (non-hydrogen) atoms. The van der Waals surface area contributed by atoms with Gasteiger partial charge in [0, 0.05) is 16.5 Å². The van der Waals surface area contributed by atoms with Crippen molar-refractivity contribution in [3.63, 3.8) is 0 Å². The van der Waals surface area contributed by atoms with Crippen LogP contribution in [0, 0.1) is 13.8 Å². The second kappa shape index (κ2) is 9.33. The fraction of sp³-hybridized carbons (Fsp3) is 0.286. The van der Waals surface area contributed by atoms with Crippen LogP contribution in [0.4, 0.5) is 11.6 Å². The highest BCUT2D eigenvalue weighted by Crippen LogP contribution is 2.30. The highest BCUT2D eigenvalue weighted by molar-refractivity contribution is 7.98. The lowest BCUT2D eigenvalue weighted by molar-refractivity contribution is -0.119. The number of aromatic nitrogens is 3. The van der Waals surface area contributed by atoms with Crippen molar-refractivity contribution in [3.8, 4) is 0 Å². The lowest BCUT2D eigenvalue weighted by Gasteiger charge is -2.20. The third kappa shape index (κ3) is 4.74. The summed E-state index contributed by atoms with van der Waals surface area (Å²) in [5, 5.41) is 12.5. The van der Waals surface area contributed by atoms with Crippen LogP contribution in [0.1, 0.15) is 36.1 Å². The fourth-order valence-corrected chi connectivity index (χ4v) is 4.30. The molecule has 1 aromatic heterocycles. The smallest absolute Gasteiger partial charge is 0.247 e. The molecule has 1 atom stereocenters. The SMILES string of the molecule is CCC(C(=O)Nc1cccc(C)c1C)n1c(N)nnc1SCc1ccccc1Cl. The topological polar surface area (TPSA) is 85.8 Å². The fourth-order valence-electron chi connectivity index (χ4n) is 3.03. The zero-order chi connectivity index (χ0) is 21.0. The van der Waals surface area contributed by atoms with E-state index in [0.29, 0.717) is 22.4 Å². The Hall–Kier alpha value is -2.51. The first-order valence-corrected chi connectivity index (χ1v) is 10.7. The van der Waals surface area contributed by atoms with Gasteiger partial charge in [-0.2, -0.15) is 0 Å². The molecule has 1 heterocycles. The minimum absolute atomic E-state index is 0.146. The molecule has 0 aliphatic carbocycles. The molecule has 152 valence electrons. The molecule has 3 N–H and O–H groups in total. The van der Waals surface area contributed by atoms with E-state index in [1.54, 1.807) is 4.57 Å². The summed E-state index contributed by atoms with van der Waals surface area (Å²) in [6.07, 6.45) is 0.554. The van der Waals surface area contributed by atoms with E-state index in [2.05, 4.69) is 15.5 Å². The van der Waals surface area contributed by atoms with Crippen molar-refractivity contribution in [1.29, 1.82) is 0 Å².